The van der Waals surface area contributed by atoms with E-state index in [1.54, 1.807) is 0 Å². The van der Waals surface area contributed by atoms with Gasteiger partial charge in [-0.1, -0.05) is 285 Å². The molecule has 0 aliphatic heterocycles. The minimum Gasteiger partial charge on any atom is -0.462 e. The van der Waals surface area contributed by atoms with Crippen molar-refractivity contribution >= 4 is 17.9 Å². The van der Waals surface area contributed by atoms with E-state index in [2.05, 4.69) is 34.6 Å². The quantitative estimate of drug-likeness (QED) is 0.0344. The van der Waals surface area contributed by atoms with Crippen molar-refractivity contribution in [2.24, 2.45) is 11.8 Å². The van der Waals surface area contributed by atoms with E-state index in [9.17, 15) is 14.4 Å². The molecular weight excluding hydrogens is 793 g/mol. The molecule has 0 rings (SSSR count). The van der Waals surface area contributed by atoms with Crippen LogP contribution in [0.4, 0.5) is 0 Å². The molecule has 64 heavy (non-hydrogen) atoms. The fraction of sp³-hybridized carbons (Fsp3) is 0.948. The number of carbonyl (C=O) groups excluding carboxylic acids is 3. The molecule has 0 bridgehead atoms. The maximum absolute atomic E-state index is 12.8. The molecule has 0 aromatic rings. The van der Waals surface area contributed by atoms with Crippen LogP contribution in [0.15, 0.2) is 0 Å². The molecule has 1 unspecified atom stereocenters. The van der Waals surface area contributed by atoms with Gasteiger partial charge in [0.05, 0.1) is 0 Å². The number of carbonyl (C=O) groups is 3. The van der Waals surface area contributed by atoms with Crippen molar-refractivity contribution in [3.8, 4) is 0 Å². The molecule has 0 aliphatic rings. The summed E-state index contributed by atoms with van der Waals surface area (Å²) < 4.78 is 16.9. The first-order chi connectivity index (χ1) is 31.3. The van der Waals surface area contributed by atoms with Crippen LogP contribution in [0.5, 0.6) is 0 Å². The minimum absolute atomic E-state index is 0.0631. The van der Waals surface area contributed by atoms with Gasteiger partial charge in [-0.05, 0) is 31.1 Å². The molecule has 0 heterocycles. The zero-order valence-corrected chi connectivity index (χ0v) is 43.9. The molecule has 0 spiro atoms. The first-order valence-electron chi connectivity index (χ1n) is 28.8. The van der Waals surface area contributed by atoms with Crippen molar-refractivity contribution in [3.63, 3.8) is 0 Å². The van der Waals surface area contributed by atoms with E-state index in [0.29, 0.717) is 19.3 Å². The highest BCUT2D eigenvalue weighted by Crippen LogP contribution is 2.18. The summed E-state index contributed by atoms with van der Waals surface area (Å²) >= 11 is 0. The van der Waals surface area contributed by atoms with Gasteiger partial charge in [-0.2, -0.15) is 0 Å². The third-order valence-electron chi connectivity index (χ3n) is 13.6. The van der Waals surface area contributed by atoms with Gasteiger partial charge in [0.2, 0.25) is 0 Å². The molecule has 0 fully saturated rings. The summed E-state index contributed by atoms with van der Waals surface area (Å²) in [7, 11) is 0. The first-order valence-corrected chi connectivity index (χ1v) is 28.8. The van der Waals surface area contributed by atoms with E-state index in [0.717, 1.165) is 69.6 Å². The summed E-state index contributed by atoms with van der Waals surface area (Å²) in [6, 6.07) is 0. The van der Waals surface area contributed by atoms with Crippen LogP contribution in [0.3, 0.4) is 0 Å². The second-order valence-electron chi connectivity index (χ2n) is 20.6. The SMILES string of the molecule is CCCCCCCCCCCCCCCC(=O)O[C@@H](COC(=O)CCCCCCCCCCCCCCCCCCCCC(C)CC)COC(=O)CCCCCCCCCCC(C)C. The highest BCUT2D eigenvalue weighted by molar-refractivity contribution is 5.71. The van der Waals surface area contributed by atoms with Crippen molar-refractivity contribution < 1.29 is 28.6 Å². The van der Waals surface area contributed by atoms with Gasteiger partial charge < -0.3 is 14.2 Å². The number of hydrogen-bond donors (Lipinski definition) is 0. The number of esters is 3. The molecular formula is C58H112O6. The monoisotopic (exact) mass is 905 g/mol. The zero-order valence-electron chi connectivity index (χ0n) is 43.9. The van der Waals surface area contributed by atoms with E-state index in [-0.39, 0.29) is 31.1 Å². The van der Waals surface area contributed by atoms with Gasteiger partial charge >= 0.3 is 17.9 Å². The van der Waals surface area contributed by atoms with Crippen LogP contribution in [0.2, 0.25) is 0 Å². The Morgan fingerprint density at radius 1 is 0.328 bits per heavy atom. The van der Waals surface area contributed by atoms with Crippen molar-refractivity contribution in [3.05, 3.63) is 0 Å². The second-order valence-corrected chi connectivity index (χ2v) is 20.6. The lowest BCUT2D eigenvalue weighted by Gasteiger charge is -2.18. The Balaban J connectivity index is 4.20. The van der Waals surface area contributed by atoms with Crippen LogP contribution >= 0.6 is 0 Å². The molecule has 380 valence electrons. The predicted octanol–water partition coefficient (Wildman–Crippen LogP) is 18.9. The van der Waals surface area contributed by atoms with Gasteiger partial charge in [-0.15, -0.1) is 0 Å². The fourth-order valence-corrected chi connectivity index (χ4v) is 8.84. The highest BCUT2D eigenvalue weighted by Gasteiger charge is 2.19. The largest absolute Gasteiger partial charge is 0.462 e. The summed E-state index contributed by atoms with van der Waals surface area (Å²) in [6.07, 6.45) is 53.8. The lowest BCUT2D eigenvalue weighted by atomic mass is 9.99. The summed E-state index contributed by atoms with van der Waals surface area (Å²) in [5.74, 6) is 0.863. The molecule has 2 atom stereocenters. The molecule has 0 aromatic carbocycles. The Labute approximate surface area is 399 Å². The molecule has 6 heteroatoms. The van der Waals surface area contributed by atoms with Crippen molar-refractivity contribution in [1.82, 2.24) is 0 Å². The average Bonchev–Trinajstić information content (AvgIpc) is 3.28. The van der Waals surface area contributed by atoms with Gasteiger partial charge in [-0.3, -0.25) is 14.4 Å². The second kappa shape index (κ2) is 50.8. The fourth-order valence-electron chi connectivity index (χ4n) is 8.84. The number of unbranched alkanes of at least 4 members (excludes halogenated alkanes) is 36. The standard InChI is InChI=1S/C58H112O6/c1-6-8-9-10-11-12-13-20-25-28-35-40-45-50-58(61)64-55(52-63-57(60)49-44-39-34-30-29-31-36-41-46-53(3)4)51-62-56(59)48-43-38-33-27-24-22-19-17-15-14-16-18-21-23-26-32-37-42-47-54(5)7-2/h53-55H,6-52H2,1-5H3/t54?,55-/m0/s1. The van der Waals surface area contributed by atoms with Gasteiger partial charge in [0, 0.05) is 19.3 Å². The van der Waals surface area contributed by atoms with Crippen LogP contribution in [0.1, 0.15) is 324 Å². The Kier molecular flexibility index (Phi) is 49.6. The summed E-state index contributed by atoms with van der Waals surface area (Å²) in [6.45, 7) is 11.4. The van der Waals surface area contributed by atoms with Crippen LogP contribution in [-0.2, 0) is 28.6 Å². The molecule has 0 radical (unpaired) electrons. The molecule has 0 aromatic heterocycles. The topological polar surface area (TPSA) is 78.9 Å². The van der Waals surface area contributed by atoms with E-state index < -0.39 is 6.10 Å². The number of ether oxygens (including phenoxy) is 3. The van der Waals surface area contributed by atoms with Crippen LogP contribution in [0.25, 0.3) is 0 Å². The van der Waals surface area contributed by atoms with Crippen molar-refractivity contribution in [2.75, 3.05) is 13.2 Å². The maximum Gasteiger partial charge on any atom is 0.306 e. The Hall–Kier alpha value is -1.59. The molecule has 0 amide bonds. The van der Waals surface area contributed by atoms with E-state index >= 15 is 0 Å². The van der Waals surface area contributed by atoms with Crippen molar-refractivity contribution in [1.29, 1.82) is 0 Å². The Morgan fingerprint density at radius 3 is 0.891 bits per heavy atom. The maximum atomic E-state index is 12.8. The summed E-state index contributed by atoms with van der Waals surface area (Å²) in [4.78, 5) is 38.0. The first kappa shape index (κ1) is 62.4. The van der Waals surface area contributed by atoms with Crippen LogP contribution < -0.4 is 0 Å². The molecule has 0 N–H and O–H groups in total. The lowest BCUT2D eigenvalue weighted by Crippen LogP contribution is -2.30. The zero-order chi connectivity index (χ0) is 46.8. The van der Waals surface area contributed by atoms with E-state index in [1.807, 2.05) is 0 Å². The summed E-state index contributed by atoms with van der Waals surface area (Å²) in [5, 5.41) is 0. The lowest BCUT2D eigenvalue weighted by molar-refractivity contribution is -0.167. The molecule has 6 nitrogen and oxygen atoms in total. The average molecular weight is 906 g/mol. The van der Waals surface area contributed by atoms with Gasteiger partial charge in [0.15, 0.2) is 6.10 Å². The van der Waals surface area contributed by atoms with E-state index in [4.69, 9.17) is 14.2 Å². The van der Waals surface area contributed by atoms with Gasteiger partial charge in [-0.25, -0.2) is 0 Å². The summed E-state index contributed by atoms with van der Waals surface area (Å²) in [5.41, 5.74) is 0. The Morgan fingerprint density at radius 2 is 0.594 bits per heavy atom. The highest BCUT2D eigenvalue weighted by atomic mass is 16.6. The normalized spacial score (nSPS) is 12.5. The molecule has 0 aliphatic carbocycles. The third kappa shape index (κ3) is 49.8. The number of hydrogen-bond acceptors (Lipinski definition) is 6. The smallest absolute Gasteiger partial charge is 0.306 e. The molecule has 0 saturated carbocycles. The van der Waals surface area contributed by atoms with Crippen LogP contribution in [0, 0.1) is 11.8 Å². The van der Waals surface area contributed by atoms with E-state index in [1.165, 1.54) is 212 Å². The number of rotatable bonds is 52. The Bertz CT molecular complexity index is 980. The third-order valence-corrected chi connectivity index (χ3v) is 13.6. The predicted molar refractivity (Wildman–Crippen MR) is 275 cm³/mol. The van der Waals surface area contributed by atoms with Crippen molar-refractivity contribution in [2.45, 2.75) is 330 Å². The van der Waals surface area contributed by atoms with Gasteiger partial charge in [0.25, 0.3) is 0 Å². The van der Waals surface area contributed by atoms with Gasteiger partial charge in [0.1, 0.15) is 13.2 Å². The minimum atomic E-state index is -0.762. The van der Waals surface area contributed by atoms with Crippen LogP contribution in [-0.4, -0.2) is 37.2 Å². The molecule has 0 saturated heterocycles.